The van der Waals surface area contributed by atoms with Crippen molar-refractivity contribution in [2.45, 2.75) is 19.9 Å². The van der Waals surface area contributed by atoms with E-state index in [-0.39, 0.29) is 17.5 Å². The zero-order chi connectivity index (χ0) is 19.1. The maximum absolute atomic E-state index is 12.8. The van der Waals surface area contributed by atoms with Gasteiger partial charge in [-0.05, 0) is 37.1 Å². The summed E-state index contributed by atoms with van der Waals surface area (Å²) in [6.45, 7) is 3.84. The van der Waals surface area contributed by atoms with Crippen LogP contribution in [0.5, 0.6) is 0 Å². The molecule has 3 heterocycles. The molecule has 0 aliphatic carbocycles. The molecule has 136 valence electrons. The van der Waals surface area contributed by atoms with Crippen molar-refractivity contribution in [3.8, 4) is 0 Å². The first-order valence-electron chi connectivity index (χ1n) is 8.80. The highest BCUT2D eigenvalue weighted by Crippen LogP contribution is 2.18. The minimum Gasteiger partial charge on any atom is -0.344 e. The molecule has 6 nitrogen and oxygen atoms in total. The summed E-state index contributed by atoms with van der Waals surface area (Å²) in [5.41, 5.74) is 3.26. The number of rotatable bonds is 3. The van der Waals surface area contributed by atoms with E-state index in [2.05, 4.69) is 10.3 Å². The monoisotopic (exact) mass is 360 g/mol. The van der Waals surface area contributed by atoms with Crippen molar-refractivity contribution in [3.63, 3.8) is 0 Å². The minimum absolute atomic E-state index is 0.146. The number of amides is 1. The van der Waals surface area contributed by atoms with Crippen LogP contribution < -0.4 is 10.9 Å². The van der Waals surface area contributed by atoms with E-state index in [0.29, 0.717) is 22.4 Å². The van der Waals surface area contributed by atoms with Gasteiger partial charge in [0.15, 0.2) is 0 Å². The normalized spacial score (nSPS) is 12.4. The number of fused-ring (bicyclic) bond motifs is 2. The SMILES string of the molecule is Cc1cccn2c(=O)c3cc(C(=O)N[C@H](C)c4ccccc4)n(C)c3nc12. The molecule has 1 N–H and O–H groups in total. The predicted molar refractivity (Wildman–Crippen MR) is 105 cm³/mol. The van der Waals surface area contributed by atoms with Crippen LogP contribution in [0.2, 0.25) is 0 Å². The fourth-order valence-electron chi connectivity index (χ4n) is 3.34. The second-order valence-electron chi connectivity index (χ2n) is 6.73. The molecule has 0 radical (unpaired) electrons. The lowest BCUT2D eigenvalue weighted by molar-refractivity contribution is 0.0932. The molecule has 0 spiro atoms. The van der Waals surface area contributed by atoms with Crippen LogP contribution in [0, 0.1) is 6.92 Å². The molecule has 0 bridgehead atoms. The van der Waals surface area contributed by atoms with Crippen molar-refractivity contribution < 1.29 is 4.79 Å². The van der Waals surface area contributed by atoms with E-state index in [1.54, 1.807) is 23.9 Å². The van der Waals surface area contributed by atoms with Crippen molar-refractivity contribution in [2.24, 2.45) is 7.05 Å². The van der Waals surface area contributed by atoms with Crippen molar-refractivity contribution in [1.29, 1.82) is 0 Å². The van der Waals surface area contributed by atoms with Gasteiger partial charge in [0, 0.05) is 13.2 Å². The summed E-state index contributed by atoms with van der Waals surface area (Å²) >= 11 is 0. The Bertz CT molecular complexity index is 1220. The van der Waals surface area contributed by atoms with Gasteiger partial charge in [-0.3, -0.25) is 14.0 Å². The van der Waals surface area contributed by atoms with E-state index in [9.17, 15) is 9.59 Å². The lowest BCUT2D eigenvalue weighted by Gasteiger charge is -2.14. The first-order valence-corrected chi connectivity index (χ1v) is 8.80. The maximum atomic E-state index is 12.8. The fraction of sp³-hybridized carbons (Fsp3) is 0.190. The number of carbonyl (C=O) groups is 1. The summed E-state index contributed by atoms with van der Waals surface area (Å²) in [7, 11) is 1.76. The quantitative estimate of drug-likeness (QED) is 0.611. The molecule has 0 unspecified atom stereocenters. The number of aromatic nitrogens is 3. The average molecular weight is 360 g/mol. The Morgan fingerprint density at radius 2 is 1.85 bits per heavy atom. The zero-order valence-electron chi connectivity index (χ0n) is 15.4. The van der Waals surface area contributed by atoms with Crippen LogP contribution in [-0.4, -0.2) is 19.9 Å². The van der Waals surface area contributed by atoms with E-state index in [0.717, 1.165) is 11.1 Å². The lowest BCUT2D eigenvalue weighted by atomic mass is 10.1. The van der Waals surface area contributed by atoms with Crippen LogP contribution in [0.15, 0.2) is 59.5 Å². The molecule has 27 heavy (non-hydrogen) atoms. The number of benzene rings is 1. The summed E-state index contributed by atoms with van der Waals surface area (Å²) < 4.78 is 3.20. The standard InChI is InChI=1S/C21H20N4O2/c1-13-8-7-11-25-18(13)23-19-16(21(25)27)12-17(24(19)3)20(26)22-14(2)15-9-5-4-6-10-15/h4-12,14H,1-3H3,(H,22,26)/t14-/m1/s1. The largest absolute Gasteiger partial charge is 0.344 e. The maximum Gasteiger partial charge on any atom is 0.268 e. The molecule has 0 fully saturated rings. The van der Waals surface area contributed by atoms with Gasteiger partial charge in [-0.25, -0.2) is 4.98 Å². The zero-order valence-corrected chi connectivity index (χ0v) is 15.4. The van der Waals surface area contributed by atoms with Gasteiger partial charge in [-0.1, -0.05) is 36.4 Å². The van der Waals surface area contributed by atoms with Crippen LogP contribution in [0.3, 0.4) is 0 Å². The molecule has 0 aliphatic heterocycles. The van der Waals surface area contributed by atoms with Gasteiger partial charge in [-0.2, -0.15) is 0 Å². The Morgan fingerprint density at radius 3 is 2.59 bits per heavy atom. The third-order valence-corrected chi connectivity index (χ3v) is 4.90. The topological polar surface area (TPSA) is 68.4 Å². The predicted octanol–water partition coefficient (Wildman–Crippen LogP) is 2.99. The number of carbonyl (C=O) groups excluding carboxylic acids is 1. The Hall–Kier alpha value is -3.41. The van der Waals surface area contributed by atoms with Crippen LogP contribution in [0.4, 0.5) is 0 Å². The van der Waals surface area contributed by atoms with Crippen LogP contribution >= 0.6 is 0 Å². The fourth-order valence-corrected chi connectivity index (χ4v) is 3.34. The molecule has 3 aromatic heterocycles. The van der Waals surface area contributed by atoms with E-state index < -0.39 is 0 Å². The average Bonchev–Trinajstić information content (AvgIpc) is 3.01. The molecule has 0 aliphatic rings. The van der Waals surface area contributed by atoms with Gasteiger partial charge in [0.05, 0.1) is 11.4 Å². The molecular weight excluding hydrogens is 340 g/mol. The molecule has 0 saturated carbocycles. The van der Waals surface area contributed by atoms with Crippen molar-refractivity contribution >= 4 is 22.6 Å². The summed E-state index contributed by atoms with van der Waals surface area (Å²) in [5, 5.41) is 3.42. The van der Waals surface area contributed by atoms with Gasteiger partial charge in [0.2, 0.25) is 0 Å². The number of pyridine rings is 1. The Morgan fingerprint density at radius 1 is 1.11 bits per heavy atom. The van der Waals surface area contributed by atoms with Gasteiger partial charge in [0.25, 0.3) is 11.5 Å². The molecule has 1 aromatic carbocycles. The van der Waals surface area contributed by atoms with E-state index >= 15 is 0 Å². The molecule has 1 atom stereocenters. The second-order valence-corrected chi connectivity index (χ2v) is 6.73. The first-order chi connectivity index (χ1) is 13.0. The van der Waals surface area contributed by atoms with Crippen LogP contribution in [0.25, 0.3) is 16.7 Å². The molecule has 6 heteroatoms. The number of aryl methyl sites for hydroxylation is 2. The number of hydrogen-bond acceptors (Lipinski definition) is 3. The highest BCUT2D eigenvalue weighted by Gasteiger charge is 2.19. The summed E-state index contributed by atoms with van der Waals surface area (Å²) in [6.07, 6.45) is 1.70. The second kappa shape index (κ2) is 6.39. The van der Waals surface area contributed by atoms with Crippen molar-refractivity contribution in [3.05, 3.63) is 81.9 Å². The summed E-state index contributed by atoms with van der Waals surface area (Å²) in [5.74, 6) is -0.239. The number of hydrogen-bond donors (Lipinski definition) is 1. The van der Waals surface area contributed by atoms with Crippen LogP contribution in [0.1, 0.15) is 34.6 Å². The van der Waals surface area contributed by atoms with Gasteiger partial charge < -0.3 is 9.88 Å². The summed E-state index contributed by atoms with van der Waals surface area (Å²) in [6, 6.07) is 14.9. The molecule has 4 rings (SSSR count). The molecule has 0 saturated heterocycles. The summed E-state index contributed by atoms with van der Waals surface area (Å²) in [4.78, 5) is 30.3. The lowest BCUT2D eigenvalue weighted by Crippen LogP contribution is -2.28. The number of nitrogens with one attached hydrogen (secondary N) is 1. The van der Waals surface area contributed by atoms with E-state index in [4.69, 9.17) is 0 Å². The highest BCUT2D eigenvalue weighted by molar-refractivity contribution is 5.98. The Kier molecular flexibility index (Phi) is 4.03. The van der Waals surface area contributed by atoms with Gasteiger partial charge in [-0.15, -0.1) is 0 Å². The minimum atomic E-state index is -0.239. The van der Waals surface area contributed by atoms with Crippen LogP contribution in [-0.2, 0) is 7.05 Å². The van der Waals surface area contributed by atoms with Crippen molar-refractivity contribution in [1.82, 2.24) is 19.3 Å². The first kappa shape index (κ1) is 17.0. The van der Waals surface area contributed by atoms with E-state index in [1.807, 2.05) is 56.3 Å². The van der Waals surface area contributed by atoms with Gasteiger partial charge in [0.1, 0.15) is 17.0 Å². The Labute approximate surface area is 156 Å². The molecular formula is C21H20N4O2. The third-order valence-electron chi connectivity index (χ3n) is 4.90. The third kappa shape index (κ3) is 2.79. The number of nitrogens with zero attached hydrogens (tertiary/aromatic N) is 3. The Balaban J connectivity index is 1.78. The smallest absolute Gasteiger partial charge is 0.268 e. The van der Waals surface area contributed by atoms with Gasteiger partial charge >= 0.3 is 0 Å². The highest BCUT2D eigenvalue weighted by atomic mass is 16.2. The molecule has 1 amide bonds. The molecule has 4 aromatic rings. The van der Waals surface area contributed by atoms with Crippen molar-refractivity contribution in [2.75, 3.05) is 0 Å². The van der Waals surface area contributed by atoms with E-state index in [1.165, 1.54) is 4.40 Å².